The summed E-state index contributed by atoms with van der Waals surface area (Å²) in [6.45, 7) is 6.07. The highest BCUT2D eigenvalue weighted by Crippen LogP contribution is 2.17. The average molecular weight is 405 g/mol. The first kappa shape index (κ1) is 20.6. The van der Waals surface area contributed by atoms with Gasteiger partial charge in [-0.15, -0.1) is 0 Å². The third-order valence-corrected chi connectivity index (χ3v) is 5.83. The van der Waals surface area contributed by atoms with Crippen molar-refractivity contribution in [2.24, 2.45) is 20.0 Å². The van der Waals surface area contributed by atoms with Crippen molar-refractivity contribution in [2.45, 2.75) is 20.0 Å². The lowest BCUT2D eigenvalue weighted by molar-refractivity contribution is 0.211. The van der Waals surface area contributed by atoms with Gasteiger partial charge in [0.25, 0.3) is 0 Å². The van der Waals surface area contributed by atoms with Gasteiger partial charge < -0.3 is 9.13 Å². The molecule has 0 aliphatic heterocycles. The monoisotopic (exact) mass is 404 g/mol. The molecule has 0 saturated carbocycles. The maximum Gasteiger partial charge on any atom is 0.123 e. The van der Waals surface area contributed by atoms with Crippen molar-refractivity contribution in [1.82, 2.24) is 28.9 Å². The molecule has 2 aromatic carbocycles. The van der Waals surface area contributed by atoms with Crippen LogP contribution in [0.4, 0.5) is 0 Å². The van der Waals surface area contributed by atoms with Crippen LogP contribution >= 0.6 is 0 Å². The molecule has 0 aliphatic carbocycles. The molecule has 0 fully saturated rings. The molecule has 0 spiro atoms. The molecule has 0 amide bonds. The third-order valence-electron chi connectivity index (χ3n) is 5.83. The van der Waals surface area contributed by atoms with E-state index in [0.29, 0.717) is 5.92 Å². The Morgan fingerprint density at radius 1 is 0.733 bits per heavy atom. The van der Waals surface area contributed by atoms with Crippen molar-refractivity contribution in [2.75, 3.05) is 27.2 Å². The molecular weight excluding hydrogens is 372 g/mol. The van der Waals surface area contributed by atoms with Crippen LogP contribution in [0.3, 0.4) is 0 Å². The predicted octanol–water partition coefficient (Wildman–Crippen LogP) is 3.66. The second-order valence-electron chi connectivity index (χ2n) is 8.65. The van der Waals surface area contributed by atoms with Crippen LogP contribution in [0.2, 0.25) is 0 Å². The molecule has 4 rings (SSSR count). The summed E-state index contributed by atoms with van der Waals surface area (Å²) in [5, 5.41) is 0. The predicted molar refractivity (Wildman–Crippen MR) is 123 cm³/mol. The Kier molecular flexibility index (Phi) is 5.88. The zero-order valence-electron chi connectivity index (χ0n) is 18.7. The standard InChI is InChI=1S/C24H32N6/c1-18(14-27(2)16-23-25-19-10-6-8-12-21(19)29(23)4)15-28(3)17-24-26-20-11-7-9-13-22(20)30(24)5/h6-13,18H,14-17H2,1-5H3. The van der Waals surface area contributed by atoms with Crippen molar-refractivity contribution in [1.29, 1.82) is 0 Å². The summed E-state index contributed by atoms with van der Waals surface area (Å²) in [5.41, 5.74) is 4.52. The number of imidazole rings is 2. The molecule has 0 atom stereocenters. The maximum atomic E-state index is 4.81. The Bertz CT molecular complexity index is 1050. The van der Waals surface area contributed by atoms with Crippen molar-refractivity contribution in [3.8, 4) is 0 Å². The highest BCUT2D eigenvalue weighted by molar-refractivity contribution is 5.76. The Labute approximate surface area is 178 Å². The van der Waals surface area contributed by atoms with Gasteiger partial charge in [-0.3, -0.25) is 9.80 Å². The summed E-state index contributed by atoms with van der Waals surface area (Å²) in [6.07, 6.45) is 0. The van der Waals surface area contributed by atoms with Gasteiger partial charge in [0, 0.05) is 27.2 Å². The SMILES string of the molecule is CC(CN(C)Cc1nc2ccccc2n1C)CN(C)Cc1nc2ccccc2n1C. The minimum atomic E-state index is 0.546. The summed E-state index contributed by atoms with van der Waals surface area (Å²) in [5.74, 6) is 2.77. The van der Waals surface area contributed by atoms with Crippen molar-refractivity contribution in [3.05, 3.63) is 60.2 Å². The van der Waals surface area contributed by atoms with E-state index in [4.69, 9.17) is 9.97 Å². The Morgan fingerprint density at radius 3 is 1.53 bits per heavy atom. The van der Waals surface area contributed by atoms with E-state index < -0.39 is 0 Å². The van der Waals surface area contributed by atoms with E-state index >= 15 is 0 Å². The van der Waals surface area contributed by atoms with E-state index in [0.717, 1.165) is 48.9 Å². The number of hydrogen-bond donors (Lipinski definition) is 0. The molecule has 0 radical (unpaired) electrons. The summed E-state index contributed by atoms with van der Waals surface area (Å²) in [4.78, 5) is 14.4. The van der Waals surface area contributed by atoms with Gasteiger partial charge in [0.05, 0.1) is 35.2 Å². The molecule has 4 aromatic rings. The Balaban J connectivity index is 1.33. The molecular formula is C24H32N6. The highest BCUT2D eigenvalue weighted by Gasteiger charge is 2.15. The molecule has 6 heteroatoms. The van der Waals surface area contributed by atoms with E-state index in [1.807, 2.05) is 12.1 Å². The summed E-state index contributed by atoms with van der Waals surface area (Å²) < 4.78 is 4.41. The van der Waals surface area contributed by atoms with Gasteiger partial charge >= 0.3 is 0 Å². The van der Waals surface area contributed by atoms with Crippen LogP contribution < -0.4 is 0 Å². The molecule has 0 bridgehead atoms. The number of aryl methyl sites for hydroxylation is 2. The first-order valence-electron chi connectivity index (χ1n) is 10.6. The number of nitrogens with zero attached hydrogens (tertiary/aromatic N) is 6. The quantitative estimate of drug-likeness (QED) is 0.449. The molecule has 0 saturated heterocycles. The molecule has 0 unspecified atom stereocenters. The van der Waals surface area contributed by atoms with Gasteiger partial charge in [-0.25, -0.2) is 9.97 Å². The van der Waals surface area contributed by atoms with E-state index in [2.05, 4.69) is 90.4 Å². The molecule has 2 aromatic heterocycles. The molecule has 6 nitrogen and oxygen atoms in total. The fourth-order valence-corrected chi connectivity index (χ4v) is 4.41. The van der Waals surface area contributed by atoms with Crippen LogP contribution in [0.25, 0.3) is 22.1 Å². The van der Waals surface area contributed by atoms with Gasteiger partial charge in [-0.2, -0.15) is 0 Å². The zero-order valence-corrected chi connectivity index (χ0v) is 18.7. The number of para-hydroxylation sites is 4. The number of aromatic nitrogens is 4. The van der Waals surface area contributed by atoms with Gasteiger partial charge in [0.1, 0.15) is 11.6 Å². The van der Waals surface area contributed by atoms with Crippen LogP contribution in [0, 0.1) is 5.92 Å². The summed E-state index contributed by atoms with van der Waals surface area (Å²) in [6, 6.07) is 16.7. The van der Waals surface area contributed by atoms with Crippen molar-refractivity contribution < 1.29 is 0 Å². The molecule has 2 heterocycles. The van der Waals surface area contributed by atoms with Gasteiger partial charge in [-0.05, 0) is 44.3 Å². The van der Waals surface area contributed by atoms with Gasteiger partial charge in [-0.1, -0.05) is 31.2 Å². The first-order chi connectivity index (χ1) is 14.4. The van der Waals surface area contributed by atoms with E-state index in [1.165, 1.54) is 11.0 Å². The molecule has 0 N–H and O–H groups in total. The zero-order chi connectivity index (χ0) is 21.3. The van der Waals surface area contributed by atoms with Crippen LogP contribution in [0.15, 0.2) is 48.5 Å². The minimum absolute atomic E-state index is 0.546. The number of rotatable bonds is 8. The lowest BCUT2D eigenvalue weighted by Gasteiger charge is -2.25. The largest absolute Gasteiger partial charge is 0.330 e. The molecule has 30 heavy (non-hydrogen) atoms. The lowest BCUT2D eigenvalue weighted by Crippen LogP contribution is -2.32. The maximum absolute atomic E-state index is 4.81. The molecule has 0 aliphatic rings. The topological polar surface area (TPSA) is 42.1 Å². The number of hydrogen-bond acceptors (Lipinski definition) is 4. The highest BCUT2D eigenvalue weighted by atomic mass is 15.2. The van der Waals surface area contributed by atoms with E-state index in [1.54, 1.807) is 0 Å². The summed E-state index contributed by atoms with van der Waals surface area (Å²) in [7, 11) is 8.57. The van der Waals surface area contributed by atoms with Crippen molar-refractivity contribution >= 4 is 22.1 Å². The van der Waals surface area contributed by atoms with Gasteiger partial charge in [0.15, 0.2) is 0 Å². The Morgan fingerprint density at radius 2 is 1.13 bits per heavy atom. The van der Waals surface area contributed by atoms with E-state index in [9.17, 15) is 0 Å². The van der Waals surface area contributed by atoms with Crippen LogP contribution in [-0.2, 0) is 27.2 Å². The smallest absolute Gasteiger partial charge is 0.123 e. The number of benzene rings is 2. The average Bonchev–Trinajstić information content (AvgIpc) is 3.19. The first-order valence-corrected chi connectivity index (χ1v) is 10.6. The number of fused-ring (bicyclic) bond motifs is 2. The minimum Gasteiger partial charge on any atom is -0.330 e. The van der Waals surface area contributed by atoms with Crippen LogP contribution in [-0.4, -0.2) is 56.1 Å². The van der Waals surface area contributed by atoms with Gasteiger partial charge in [0.2, 0.25) is 0 Å². The third kappa shape index (κ3) is 4.25. The second kappa shape index (κ2) is 8.58. The van der Waals surface area contributed by atoms with E-state index in [-0.39, 0.29) is 0 Å². The fraction of sp³-hybridized carbons (Fsp3) is 0.417. The van der Waals surface area contributed by atoms with Crippen molar-refractivity contribution in [3.63, 3.8) is 0 Å². The fourth-order valence-electron chi connectivity index (χ4n) is 4.41. The lowest BCUT2D eigenvalue weighted by atomic mass is 10.1. The van der Waals surface area contributed by atoms with Crippen LogP contribution in [0.1, 0.15) is 18.6 Å². The molecule has 158 valence electrons. The van der Waals surface area contributed by atoms with Crippen LogP contribution in [0.5, 0.6) is 0 Å². The summed E-state index contributed by atoms with van der Waals surface area (Å²) >= 11 is 0. The normalized spacial score (nSPS) is 12.3. The Hall–Kier alpha value is -2.70. The second-order valence-corrected chi connectivity index (χ2v) is 8.65.